The van der Waals surface area contributed by atoms with Crippen molar-refractivity contribution in [3.8, 4) is 0 Å². The first-order valence-electron chi connectivity index (χ1n) is 3.59. The summed E-state index contributed by atoms with van der Waals surface area (Å²) in [6.07, 6.45) is 6.22. The molecule has 0 heterocycles. The summed E-state index contributed by atoms with van der Waals surface area (Å²) in [6, 6.07) is 0. The second kappa shape index (κ2) is 8.49. The fourth-order valence-electron chi connectivity index (χ4n) is 0.655. The van der Waals surface area contributed by atoms with Crippen molar-refractivity contribution in [2.45, 2.75) is 40.0 Å². The Balaban J connectivity index is 0. The molecule has 0 saturated carbocycles. The molecular weight excluding hydrogens is 155 g/mol. The second-order valence-corrected chi connectivity index (χ2v) is 2.50. The molecule has 0 amide bonds. The van der Waals surface area contributed by atoms with E-state index in [1.165, 1.54) is 19.3 Å². The number of unbranched alkanes of at least 4 members (excludes halogenated alkanes) is 1. The van der Waals surface area contributed by atoms with E-state index < -0.39 is 0 Å². The van der Waals surface area contributed by atoms with Crippen LogP contribution in [0.2, 0.25) is 0 Å². The molecule has 1 unspecified atom stereocenters. The molecule has 1 atom stereocenters. The Morgan fingerprint density at radius 1 is 1.44 bits per heavy atom. The summed E-state index contributed by atoms with van der Waals surface area (Å²) in [5.41, 5.74) is 0. The van der Waals surface area contributed by atoms with E-state index in [9.17, 15) is 0 Å². The summed E-state index contributed by atoms with van der Waals surface area (Å²) in [7, 11) is 0. The average molecular weight is 172 g/mol. The molecule has 60 valence electrons. The molecule has 0 aromatic heterocycles. The van der Waals surface area contributed by atoms with Gasteiger partial charge in [-0.3, -0.25) is 0 Å². The van der Waals surface area contributed by atoms with Crippen molar-refractivity contribution >= 4 is 0 Å². The first kappa shape index (κ1) is 12.2. The maximum Gasteiger partial charge on any atom is 0 e. The molecule has 0 radical (unpaired) electrons. The molecular formula is C8H17Ni-. The molecule has 0 N–H and O–H groups in total. The molecule has 0 aromatic carbocycles. The Kier molecular flexibility index (Phi) is 11.5. The fourth-order valence-corrected chi connectivity index (χ4v) is 0.655. The van der Waals surface area contributed by atoms with Crippen LogP contribution in [0, 0.1) is 12.3 Å². The van der Waals surface area contributed by atoms with Gasteiger partial charge in [0.2, 0.25) is 0 Å². The first-order valence-corrected chi connectivity index (χ1v) is 3.59. The van der Waals surface area contributed by atoms with Gasteiger partial charge < -0.3 is 6.42 Å². The molecule has 0 nitrogen and oxygen atoms in total. The summed E-state index contributed by atoms with van der Waals surface area (Å²) in [4.78, 5) is 0. The van der Waals surface area contributed by atoms with E-state index >= 15 is 0 Å². The van der Waals surface area contributed by atoms with E-state index in [1.807, 2.05) is 0 Å². The van der Waals surface area contributed by atoms with Crippen molar-refractivity contribution in [3.63, 3.8) is 0 Å². The van der Waals surface area contributed by atoms with Gasteiger partial charge in [0.15, 0.2) is 0 Å². The van der Waals surface area contributed by atoms with Crippen LogP contribution in [-0.2, 0) is 16.5 Å². The summed E-state index contributed by atoms with van der Waals surface area (Å²) in [5.74, 6) is 0.922. The van der Waals surface area contributed by atoms with Crippen LogP contribution in [0.15, 0.2) is 0 Å². The smallest absolute Gasteiger partial charge is 0 e. The van der Waals surface area contributed by atoms with Crippen LogP contribution in [-0.4, -0.2) is 0 Å². The molecule has 0 bridgehead atoms. The van der Waals surface area contributed by atoms with E-state index in [1.54, 1.807) is 0 Å². The van der Waals surface area contributed by atoms with Crippen LogP contribution in [0.1, 0.15) is 40.0 Å². The summed E-state index contributed by atoms with van der Waals surface area (Å²) in [6.45, 7) is 6.69. The quantitative estimate of drug-likeness (QED) is 0.451. The van der Waals surface area contributed by atoms with Crippen LogP contribution >= 0.6 is 0 Å². The van der Waals surface area contributed by atoms with Gasteiger partial charge in [-0.1, -0.05) is 26.7 Å². The monoisotopic (exact) mass is 171 g/mol. The average Bonchev–Trinajstić information content (AvgIpc) is 1.83. The van der Waals surface area contributed by atoms with Crippen LogP contribution in [0.25, 0.3) is 0 Å². The molecule has 9 heavy (non-hydrogen) atoms. The SMILES string of the molecule is C[CH-]CCC(C)CC.[Ni]. The molecule has 0 saturated heterocycles. The van der Waals surface area contributed by atoms with Crippen LogP contribution < -0.4 is 0 Å². The molecule has 0 aliphatic rings. The number of hydrogen-bond acceptors (Lipinski definition) is 0. The van der Waals surface area contributed by atoms with Gasteiger partial charge in [-0.15, -0.1) is 0 Å². The zero-order valence-corrected chi connectivity index (χ0v) is 7.58. The maximum atomic E-state index is 2.31. The van der Waals surface area contributed by atoms with E-state index in [4.69, 9.17) is 0 Å². The molecule has 0 rings (SSSR count). The Morgan fingerprint density at radius 3 is 2.33 bits per heavy atom. The van der Waals surface area contributed by atoms with Crippen molar-refractivity contribution in [1.82, 2.24) is 0 Å². The van der Waals surface area contributed by atoms with Gasteiger partial charge in [0.05, 0.1) is 0 Å². The van der Waals surface area contributed by atoms with Crippen molar-refractivity contribution in [2.24, 2.45) is 5.92 Å². The van der Waals surface area contributed by atoms with E-state index in [0.717, 1.165) is 5.92 Å². The van der Waals surface area contributed by atoms with Crippen molar-refractivity contribution in [2.75, 3.05) is 0 Å². The van der Waals surface area contributed by atoms with E-state index in [-0.39, 0.29) is 16.5 Å². The molecule has 0 spiro atoms. The molecule has 0 fully saturated rings. The summed E-state index contributed by atoms with van der Waals surface area (Å²) >= 11 is 0. The van der Waals surface area contributed by atoms with Gasteiger partial charge in [-0.2, -0.15) is 13.3 Å². The van der Waals surface area contributed by atoms with Gasteiger partial charge in [0, 0.05) is 16.5 Å². The van der Waals surface area contributed by atoms with Gasteiger partial charge in [0.1, 0.15) is 0 Å². The largest absolute Gasteiger partial charge is 0.332 e. The van der Waals surface area contributed by atoms with Gasteiger partial charge in [-0.25, -0.2) is 0 Å². The fraction of sp³-hybridized carbons (Fsp3) is 0.875. The minimum absolute atomic E-state index is 0. The van der Waals surface area contributed by atoms with Crippen molar-refractivity contribution in [1.29, 1.82) is 0 Å². The van der Waals surface area contributed by atoms with Crippen LogP contribution in [0.3, 0.4) is 0 Å². The van der Waals surface area contributed by atoms with Crippen molar-refractivity contribution in [3.05, 3.63) is 6.42 Å². The predicted molar refractivity (Wildman–Crippen MR) is 38.7 cm³/mol. The van der Waals surface area contributed by atoms with E-state index in [0.29, 0.717) is 0 Å². The first-order chi connectivity index (χ1) is 3.81. The maximum absolute atomic E-state index is 2.31. The minimum atomic E-state index is 0. The Labute approximate surface area is 69.3 Å². The van der Waals surface area contributed by atoms with Gasteiger partial charge >= 0.3 is 0 Å². The van der Waals surface area contributed by atoms with Gasteiger partial charge in [0.25, 0.3) is 0 Å². The van der Waals surface area contributed by atoms with Crippen molar-refractivity contribution < 1.29 is 16.5 Å². The third kappa shape index (κ3) is 8.49. The Bertz CT molecular complexity index is 43.8. The number of hydrogen-bond donors (Lipinski definition) is 0. The Hall–Kier alpha value is 0.494. The third-order valence-corrected chi connectivity index (χ3v) is 1.65. The second-order valence-electron chi connectivity index (χ2n) is 2.50. The summed E-state index contributed by atoms with van der Waals surface area (Å²) in [5, 5.41) is 0. The standard InChI is InChI=1S/C8H17.Ni/c1-4-6-7-8(3)5-2;/h4,8H,5-7H2,1-3H3;/q-1;. The number of rotatable bonds is 4. The van der Waals surface area contributed by atoms with Crippen LogP contribution in [0.4, 0.5) is 0 Å². The molecule has 0 aliphatic heterocycles. The Morgan fingerprint density at radius 2 is 2.00 bits per heavy atom. The zero-order valence-electron chi connectivity index (χ0n) is 6.59. The topological polar surface area (TPSA) is 0 Å². The zero-order chi connectivity index (χ0) is 6.41. The van der Waals surface area contributed by atoms with E-state index in [2.05, 4.69) is 27.2 Å². The predicted octanol–water partition coefficient (Wildman–Crippen LogP) is 3.03. The molecule has 0 aliphatic carbocycles. The van der Waals surface area contributed by atoms with Gasteiger partial charge in [-0.05, 0) is 5.92 Å². The normalized spacial score (nSPS) is 12.3. The van der Waals surface area contributed by atoms with Crippen LogP contribution in [0.5, 0.6) is 0 Å². The third-order valence-electron chi connectivity index (χ3n) is 1.65. The summed E-state index contributed by atoms with van der Waals surface area (Å²) < 4.78 is 0. The minimum Gasteiger partial charge on any atom is -0.332 e. The molecule has 0 aromatic rings. The molecule has 1 heteroatoms.